The number of nitrogens with zero attached hydrogens (tertiary/aromatic N) is 2. The van der Waals surface area contributed by atoms with Gasteiger partial charge in [-0.15, -0.1) is 0 Å². The predicted octanol–water partition coefficient (Wildman–Crippen LogP) is 1.55. The first kappa shape index (κ1) is 12.5. The Kier molecular flexibility index (Phi) is 3.49. The largest absolute Gasteiger partial charge is 0.353 e. The molecule has 1 aliphatic rings. The third kappa shape index (κ3) is 2.66. The number of pyridine rings is 1. The number of hydrogen-bond donors (Lipinski definition) is 1. The summed E-state index contributed by atoms with van der Waals surface area (Å²) in [5.74, 6) is 0.0841. The highest BCUT2D eigenvalue weighted by Gasteiger charge is 2.37. The summed E-state index contributed by atoms with van der Waals surface area (Å²) in [4.78, 5) is 18.3. The fourth-order valence-corrected chi connectivity index (χ4v) is 2.15. The van der Waals surface area contributed by atoms with Gasteiger partial charge in [-0.2, -0.15) is 0 Å². The van der Waals surface area contributed by atoms with Crippen LogP contribution in [-0.4, -0.2) is 34.4 Å². The summed E-state index contributed by atoms with van der Waals surface area (Å²) in [6, 6.07) is 3.95. The lowest BCUT2D eigenvalue weighted by Gasteiger charge is -2.40. The number of piperazine rings is 1. The van der Waals surface area contributed by atoms with Crippen molar-refractivity contribution >= 4 is 21.8 Å². The van der Waals surface area contributed by atoms with Crippen LogP contribution in [0.15, 0.2) is 22.8 Å². The third-order valence-electron chi connectivity index (χ3n) is 3.16. The maximum absolute atomic E-state index is 11.8. The maximum atomic E-state index is 11.8. The van der Waals surface area contributed by atoms with Gasteiger partial charge in [0.15, 0.2) is 0 Å². The van der Waals surface area contributed by atoms with Crippen LogP contribution in [0.1, 0.15) is 19.5 Å². The van der Waals surface area contributed by atoms with Crippen molar-refractivity contribution in [2.45, 2.75) is 25.9 Å². The van der Waals surface area contributed by atoms with Gasteiger partial charge in [-0.25, -0.2) is 0 Å². The number of nitrogens with one attached hydrogen (secondary N) is 1. The number of aromatic nitrogens is 1. The average molecular weight is 298 g/mol. The van der Waals surface area contributed by atoms with E-state index in [4.69, 9.17) is 0 Å². The van der Waals surface area contributed by atoms with Crippen molar-refractivity contribution in [2.75, 3.05) is 13.1 Å². The minimum Gasteiger partial charge on any atom is -0.353 e. The highest BCUT2D eigenvalue weighted by molar-refractivity contribution is 9.10. The van der Waals surface area contributed by atoms with Gasteiger partial charge in [0.05, 0.1) is 11.2 Å². The molecule has 2 rings (SSSR count). The van der Waals surface area contributed by atoms with E-state index in [0.29, 0.717) is 13.1 Å². The molecule has 0 unspecified atom stereocenters. The highest BCUT2D eigenvalue weighted by Crippen LogP contribution is 2.20. The van der Waals surface area contributed by atoms with Crippen molar-refractivity contribution in [1.29, 1.82) is 0 Å². The van der Waals surface area contributed by atoms with E-state index in [-0.39, 0.29) is 5.91 Å². The summed E-state index contributed by atoms with van der Waals surface area (Å²) in [6.45, 7) is 6.16. The first-order chi connectivity index (χ1) is 8.00. The molecule has 0 atom stereocenters. The minimum atomic E-state index is -0.465. The third-order valence-corrected chi connectivity index (χ3v) is 3.62. The maximum Gasteiger partial charge on any atom is 0.240 e. The fourth-order valence-electron chi connectivity index (χ4n) is 1.92. The summed E-state index contributed by atoms with van der Waals surface area (Å²) >= 11 is 3.36. The minimum absolute atomic E-state index is 0.0841. The lowest BCUT2D eigenvalue weighted by atomic mass is 9.98. The number of rotatable bonds is 2. The zero-order chi connectivity index (χ0) is 12.5. The van der Waals surface area contributed by atoms with E-state index in [1.54, 1.807) is 6.20 Å². The quantitative estimate of drug-likeness (QED) is 0.901. The van der Waals surface area contributed by atoms with Gasteiger partial charge in [-0.05, 0) is 41.9 Å². The molecule has 4 nitrogen and oxygen atoms in total. The van der Waals surface area contributed by atoms with E-state index in [1.807, 2.05) is 26.0 Å². The Bertz CT molecular complexity index is 416. The molecular weight excluding hydrogens is 282 g/mol. The van der Waals surface area contributed by atoms with Crippen LogP contribution in [0, 0.1) is 0 Å². The molecule has 0 radical (unpaired) electrons. The highest BCUT2D eigenvalue weighted by atomic mass is 79.9. The molecule has 1 saturated heterocycles. The molecular formula is C12H16BrN3O. The van der Waals surface area contributed by atoms with Gasteiger partial charge in [0.25, 0.3) is 0 Å². The molecule has 1 aliphatic heterocycles. The van der Waals surface area contributed by atoms with Crippen LogP contribution < -0.4 is 5.32 Å². The molecule has 1 N–H and O–H groups in total. The van der Waals surface area contributed by atoms with Gasteiger partial charge in [0.1, 0.15) is 0 Å². The molecule has 1 aromatic heterocycles. The Hall–Kier alpha value is -0.940. The number of amides is 1. The Morgan fingerprint density at radius 1 is 1.53 bits per heavy atom. The van der Waals surface area contributed by atoms with Crippen LogP contribution in [0.5, 0.6) is 0 Å². The smallest absolute Gasteiger partial charge is 0.240 e. The monoisotopic (exact) mass is 297 g/mol. The summed E-state index contributed by atoms with van der Waals surface area (Å²) in [7, 11) is 0. The van der Waals surface area contributed by atoms with Gasteiger partial charge >= 0.3 is 0 Å². The fraction of sp³-hybridized carbons (Fsp3) is 0.500. The lowest BCUT2D eigenvalue weighted by molar-refractivity contribution is -0.135. The Balaban J connectivity index is 2.12. The Labute approximate surface area is 110 Å². The zero-order valence-electron chi connectivity index (χ0n) is 10.0. The molecule has 17 heavy (non-hydrogen) atoms. The summed E-state index contributed by atoms with van der Waals surface area (Å²) in [5.41, 5.74) is 0.517. The summed E-state index contributed by atoms with van der Waals surface area (Å²) < 4.78 is 0.969. The van der Waals surface area contributed by atoms with Crippen molar-refractivity contribution in [1.82, 2.24) is 15.2 Å². The molecule has 0 bridgehead atoms. The summed E-state index contributed by atoms with van der Waals surface area (Å²) in [5, 5.41) is 2.89. The van der Waals surface area contributed by atoms with Gasteiger partial charge in [-0.3, -0.25) is 14.7 Å². The molecule has 92 valence electrons. The second-order valence-electron chi connectivity index (χ2n) is 4.70. The van der Waals surface area contributed by atoms with Crippen molar-refractivity contribution in [3.05, 3.63) is 28.5 Å². The first-order valence-corrected chi connectivity index (χ1v) is 6.43. The van der Waals surface area contributed by atoms with Crippen LogP contribution in [-0.2, 0) is 11.3 Å². The van der Waals surface area contributed by atoms with E-state index < -0.39 is 5.54 Å². The first-order valence-electron chi connectivity index (χ1n) is 5.64. The molecule has 2 heterocycles. The second kappa shape index (κ2) is 4.74. The van der Waals surface area contributed by atoms with Gasteiger partial charge in [-0.1, -0.05) is 0 Å². The SMILES string of the molecule is CC1(C)C(=O)NCCN1Cc1ccc(Br)cn1. The van der Waals surface area contributed by atoms with Gasteiger partial charge in [0.2, 0.25) is 5.91 Å². The molecule has 0 aromatic carbocycles. The topological polar surface area (TPSA) is 45.2 Å². The average Bonchev–Trinajstić information content (AvgIpc) is 2.28. The second-order valence-corrected chi connectivity index (χ2v) is 5.62. The van der Waals surface area contributed by atoms with Crippen molar-refractivity contribution in [2.24, 2.45) is 0 Å². The van der Waals surface area contributed by atoms with Crippen LogP contribution in [0.4, 0.5) is 0 Å². The molecule has 0 spiro atoms. The van der Waals surface area contributed by atoms with E-state index in [0.717, 1.165) is 16.7 Å². The Morgan fingerprint density at radius 3 is 2.94 bits per heavy atom. The molecule has 5 heteroatoms. The van der Waals surface area contributed by atoms with Crippen molar-refractivity contribution < 1.29 is 4.79 Å². The zero-order valence-corrected chi connectivity index (χ0v) is 11.6. The van der Waals surface area contributed by atoms with E-state index in [9.17, 15) is 4.79 Å². The van der Waals surface area contributed by atoms with E-state index in [1.165, 1.54) is 0 Å². The molecule has 1 amide bonds. The number of carbonyl (C=O) groups is 1. The van der Waals surface area contributed by atoms with Crippen LogP contribution in [0.25, 0.3) is 0 Å². The van der Waals surface area contributed by atoms with Crippen molar-refractivity contribution in [3.8, 4) is 0 Å². The normalized spacial score (nSPS) is 20.1. The van der Waals surface area contributed by atoms with E-state index >= 15 is 0 Å². The molecule has 1 aromatic rings. The molecule has 0 saturated carbocycles. The number of hydrogen-bond acceptors (Lipinski definition) is 3. The standard InChI is InChI=1S/C12H16BrN3O/c1-12(2)11(17)14-5-6-16(12)8-10-4-3-9(13)7-15-10/h3-4,7H,5-6,8H2,1-2H3,(H,14,17). The van der Waals surface area contributed by atoms with Crippen LogP contribution in [0.2, 0.25) is 0 Å². The van der Waals surface area contributed by atoms with Gasteiger partial charge < -0.3 is 5.32 Å². The lowest BCUT2D eigenvalue weighted by Crippen LogP contribution is -2.61. The number of halogens is 1. The summed E-state index contributed by atoms with van der Waals surface area (Å²) in [6.07, 6.45) is 1.78. The van der Waals surface area contributed by atoms with Gasteiger partial charge in [0, 0.05) is 30.3 Å². The number of carbonyl (C=O) groups excluding carboxylic acids is 1. The van der Waals surface area contributed by atoms with Crippen LogP contribution >= 0.6 is 15.9 Å². The Morgan fingerprint density at radius 2 is 2.29 bits per heavy atom. The predicted molar refractivity (Wildman–Crippen MR) is 69.4 cm³/mol. The van der Waals surface area contributed by atoms with Crippen LogP contribution in [0.3, 0.4) is 0 Å². The van der Waals surface area contributed by atoms with E-state index in [2.05, 4.69) is 31.1 Å². The molecule has 0 aliphatic carbocycles. The van der Waals surface area contributed by atoms with Crippen molar-refractivity contribution in [3.63, 3.8) is 0 Å². The molecule has 1 fully saturated rings.